The van der Waals surface area contributed by atoms with E-state index in [2.05, 4.69) is 72.8 Å². The van der Waals surface area contributed by atoms with Crippen LogP contribution >= 0.6 is 19.0 Å². The van der Waals surface area contributed by atoms with E-state index < -0.39 is 21.6 Å². The van der Waals surface area contributed by atoms with Crippen molar-refractivity contribution in [3.63, 3.8) is 0 Å². The van der Waals surface area contributed by atoms with Gasteiger partial charge in [0, 0.05) is 18.1 Å². The lowest BCUT2D eigenvalue weighted by Crippen LogP contribution is -2.69. The van der Waals surface area contributed by atoms with E-state index in [0.717, 1.165) is 34.2 Å². The van der Waals surface area contributed by atoms with Crippen molar-refractivity contribution in [2.24, 2.45) is 0 Å². The number of rotatable bonds is 7. The molecule has 0 radical (unpaired) electrons. The first-order valence-electron chi connectivity index (χ1n) is 12.1. The summed E-state index contributed by atoms with van der Waals surface area (Å²) in [5, 5.41) is 3.97. The summed E-state index contributed by atoms with van der Waals surface area (Å²) in [5.41, 5.74) is 0.864. The van der Waals surface area contributed by atoms with E-state index >= 15 is 0 Å². The van der Waals surface area contributed by atoms with Crippen molar-refractivity contribution in [2.45, 2.75) is 5.85 Å². The van der Waals surface area contributed by atoms with Gasteiger partial charge in [-0.2, -0.15) is 0 Å². The van der Waals surface area contributed by atoms with Crippen LogP contribution in [0, 0.1) is 0 Å². The molecule has 1 aliphatic heterocycles. The second-order valence-corrected chi connectivity index (χ2v) is 15.9. The third kappa shape index (κ3) is 4.41. The predicted molar refractivity (Wildman–Crippen MR) is 152 cm³/mol. The van der Waals surface area contributed by atoms with Gasteiger partial charge < -0.3 is 4.43 Å². The van der Waals surface area contributed by atoms with E-state index in [1.54, 1.807) is 0 Å². The monoisotopic (exact) mass is 532 g/mol. The lowest BCUT2D eigenvalue weighted by Gasteiger charge is -2.41. The standard InChI is InChI=1S/C29H30ClN2O2PSi/c1-31-22-23-32(2)35(31,33)29(24-18-20-25(30)21-19-24)34-36(26-12-6-3-7-13-26,27-14-8-4-9-15-27)28-16-10-5-11-17-28/h3-21,29H,22-23H2,1-2H3. The maximum Gasteiger partial charge on any atom is 0.289 e. The highest BCUT2D eigenvalue weighted by atomic mass is 35.5. The normalized spacial score (nSPS) is 17.2. The smallest absolute Gasteiger partial charge is 0.289 e. The van der Waals surface area contributed by atoms with Gasteiger partial charge in [-0.1, -0.05) is 115 Å². The van der Waals surface area contributed by atoms with Crippen molar-refractivity contribution in [2.75, 3.05) is 27.2 Å². The minimum absolute atomic E-state index is 0.640. The molecule has 0 aromatic heterocycles. The molecule has 0 N–H and O–H groups in total. The Bertz CT molecular complexity index is 1230. The predicted octanol–water partition coefficient (Wildman–Crippen LogP) is 5.09. The van der Waals surface area contributed by atoms with Crippen LogP contribution in [0.25, 0.3) is 0 Å². The minimum atomic E-state index is -3.12. The SMILES string of the molecule is CN1CCN(C)P1(=O)C(O[Si](c1ccccc1)(c1ccccc1)c1ccccc1)c1ccc(Cl)cc1. The highest BCUT2D eigenvalue weighted by Gasteiger charge is 2.52. The lowest BCUT2D eigenvalue weighted by atomic mass is 10.2. The Morgan fingerprint density at radius 1 is 0.694 bits per heavy atom. The molecule has 1 atom stereocenters. The summed E-state index contributed by atoms with van der Waals surface area (Å²) in [6.45, 7) is 1.44. The van der Waals surface area contributed by atoms with Crippen molar-refractivity contribution in [1.29, 1.82) is 0 Å². The van der Waals surface area contributed by atoms with E-state index in [0.29, 0.717) is 5.02 Å². The first kappa shape index (κ1) is 25.2. The van der Waals surface area contributed by atoms with Gasteiger partial charge >= 0.3 is 0 Å². The number of hydrogen-bond donors (Lipinski definition) is 0. The van der Waals surface area contributed by atoms with E-state index in [1.165, 1.54) is 0 Å². The van der Waals surface area contributed by atoms with Crippen LogP contribution < -0.4 is 15.6 Å². The summed E-state index contributed by atoms with van der Waals surface area (Å²) in [6.07, 6.45) is 0. The number of nitrogens with zero attached hydrogens (tertiary/aromatic N) is 2. The van der Waals surface area contributed by atoms with Gasteiger partial charge in [-0.25, -0.2) is 9.34 Å². The Labute approximate surface area is 219 Å². The third-order valence-corrected chi connectivity index (χ3v) is 14.9. The molecule has 0 spiro atoms. The van der Waals surface area contributed by atoms with Gasteiger partial charge in [0.15, 0.2) is 5.85 Å². The molecular weight excluding hydrogens is 503 g/mol. The summed E-state index contributed by atoms with van der Waals surface area (Å²) >= 11 is 6.27. The quantitative estimate of drug-likeness (QED) is 0.188. The van der Waals surface area contributed by atoms with Gasteiger partial charge in [-0.05, 0) is 47.4 Å². The van der Waals surface area contributed by atoms with Crippen LogP contribution in [-0.2, 0) is 8.99 Å². The summed E-state index contributed by atoms with van der Waals surface area (Å²) in [4.78, 5) is 0. The van der Waals surface area contributed by atoms with E-state index in [1.807, 2.05) is 65.9 Å². The lowest BCUT2D eigenvalue weighted by molar-refractivity contribution is 0.262. The van der Waals surface area contributed by atoms with E-state index in [4.69, 9.17) is 16.0 Å². The van der Waals surface area contributed by atoms with Crippen LogP contribution in [0.2, 0.25) is 5.02 Å². The van der Waals surface area contributed by atoms with Gasteiger partial charge in [-0.3, -0.25) is 4.57 Å². The van der Waals surface area contributed by atoms with E-state index in [-0.39, 0.29) is 0 Å². The van der Waals surface area contributed by atoms with E-state index in [9.17, 15) is 4.57 Å². The number of hydrogen-bond acceptors (Lipinski definition) is 2. The number of halogens is 1. The van der Waals surface area contributed by atoms with Gasteiger partial charge in [-0.15, -0.1) is 0 Å². The van der Waals surface area contributed by atoms with Crippen LogP contribution in [0.1, 0.15) is 11.4 Å². The van der Waals surface area contributed by atoms with Crippen molar-refractivity contribution in [1.82, 2.24) is 9.34 Å². The summed E-state index contributed by atoms with van der Waals surface area (Å²) in [6, 6.07) is 38.9. The third-order valence-electron chi connectivity index (χ3n) is 7.02. The first-order valence-corrected chi connectivity index (χ1v) is 16.1. The molecule has 4 aromatic rings. The average Bonchev–Trinajstić information content (AvgIpc) is 3.19. The van der Waals surface area contributed by atoms with Gasteiger partial charge in [0.25, 0.3) is 8.32 Å². The van der Waals surface area contributed by atoms with Crippen molar-refractivity contribution in [3.05, 3.63) is 126 Å². The van der Waals surface area contributed by atoms with Crippen molar-refractivity contribution in [3.8, 4) is 0 Å². The molecule has 7 heteroatoms. The largest absolute Gasteiger partial charge is 0.388 e. The Kier molecular flexibility index (Phi) is 7.32. The molecule has 5 rings (SSSR count). The fraction of sp³-hybridized carbons (Fsp3) is 0.172. The highest BCUT2D eigenvalue weighted by molar-refractivity contribution is 7.59. The molecule has 4 nitrogen and oxygen atoms in total. The van der Waals surface area contributed by atoms with Crippen molar-refractivity contribution >= 4 is 42.9 Å². The summed E-state index contributed by atoms with van der Waals surface area (Å²) < 4.78 is 26.4. The molecule has 0 amide bonds. The zero-order chi connectivity index (χ0) is 25.2. The molecule has 184 valence electrons. The average molecular weight is 533 g/mol. The fourth-order valence-corrected chi connectivity index (χ4v) is 12.6. The maximum absolute atomic E-state index is 14.9. The van der Waals surface area contributed by atoms with Gasteiger partial charge in [0.05, 0.1) is 0 Å². The molecule has 1 aliphatic rings. The van der Waals surface area contributed by atoms with Crippen LogP contribution in [-0.4, -0.2) is 44.8 Å². The zero-order valence-electron chi connectivity index (χ0n) is 20.5. The Balaban J connectivity index is 1.80. The number of benzene rings is 4. The molecule has 4 aromatic carbocycles. The highest BCUT2D eigenvalue weighted by Crippen LogP contribution is 2.66. The molecule has 36 heavy (non-hydrogen) atoms. The van der Waals surface area contributed by atoms with Gasteiger partial charge in [0.2, 0.25) is 7.44 Å². The van der Waals surface area contributed by atoms with Crippen LogP contribution in [0.5, 0.6) is 0 Å². The van der Waals surface area contributed by atoms with Crippen LogP contribution in [0.15, 0.2) is 115 Å². The molecule has 0 aliphatic carbocycles. The second kappa shape index (κ2) is 10.5. The van der Waals surface area contributed by atoms with Crippen LogP contribution in [0.3, 0.4) is 0 Å². The zero-order valence-corrected chi connectivity index (χ0v) is 23.1. The minimum Gasteiger partial charge on any atom is -0.388 e. The number of likely N-dealkylation sites (N-methyl/N-ethyl adjacent to an activating group) is 2. The second-order valence-electron chi connectivity index (χ2n) is 9.15. The summed E-state index contributed by atoms with van der Waals surface area (Å²) in [7, 11) is -2.36. The molecule has 0 saturated carbocycles. The molecule has 1 fully saturated rings. The molecule has 1 heterocycles. The Morgan fingerprint density at radius 2 is 1.08 bits per heavy atom. The van der Waals surface area contributed by atoms with Crippen molar-refractivity contribution < 1.29 is 8.99 Å². The van der Waals surface area contributed by atoms with Crippen LogP contribution in [0.4, 0.5) is 0 Å². The Hall–Kier alpha value is -2.50. The molecule has 1 unspecified atom stereocenters. The molecule has 1 saturated heterocycles. The molecule has 0 bridgehead atoms. The molecular formula is C29H30ClN2O2PSi. The fourth-order valence-electron chi connectivity index (χ4n) is 5.04. The first-order chi connectivity index (χ1) is 17.5. The summed E-state index contributed by atoms with van der Waals surface area (Å²) in [5.74, 6) is -0.667. The topological polar surface area (TPSA) is 32.8 Å². The maximum atomic E-state index is 14.9. The van der Waals surface area contributed by atoms with Gasteiger partial charge in [0.1, 0.15) is 0 Å². The Morgan fingerprint density at radius 3 is 1.47 bits per heavy atom.